The number of β-amino-alcohol motifs (C(OH)–C–C–N with tert-alkyl or cyclic N) is 1. The van der Waals surface area contributed by atoms with Crippen LogP contribution in [0.5, 0.6) is 0 Å². The van der Waals surface area contributed by atoms with E-state index in [-0.39, 0.29) is 25.0 Å². The van der Waals surface area contributed by atoms with E-state index in [0.29, 0.717) is 13.0 Å². The normalized spacial score (nSPS) is 20.2. The lowest BCUT2D eigenvalue weighted by molar-refractivity contribution is 0.0360. The molecule has 1 saturated heterocycles. The first-order chi connectivity index (χ1) is 8.22. The van der Waals surface area contributed by atoms with Crippen LogP contribution in [0.25, 0.3) is 0 Å². The van der Waals surface area contributed by atoms with E-state index in [1.165, 1.54) is 17.0 Å². The summed E-state index contributed by atoms with van der Waals surface area (Å²) >= 11 is 0. The Bertz CT molecular complexity index is 410. The van der Waals surface area contributed by atoms with Gasteiger partial charge in [0, 0.05) is 13.0 Å². The average Bonchev–Trinajstić information content (AvgIpc) is 2.32. The largest absolute Gasteiger partial charge is 0.449 e. The van der Waals surface area contributed by atoms with Crippen molar-refractivity contribution in [3.63, 3.8) is 0 Å². The highest BCUT2D eigenvalue weighted by atomic mass is 19.1. The minimum Gasteiger partial charge on any atom is -0.449 e. The molecule has 1 aromatic carbocycles. The zero-order valence-corrected chi connectivity index (χ0v) is 9.30. The van der Waals surface area contributed by atoms with Gasteiger partial charge in [-0.1, -0.05) is 12.1 Å². The quantitative estimate of drug-likeness (QED) is 0.873. The van der Waals surface area contributed by atoms with Crippen molar-refractivity contribution < 1.29 is 19.0 Å². The van der Waals surface area contributed by atoms with E-state index in [1.54, 1.807) is 12.1 Å². The summed E-state index contributed by atoms with van der Waals surface area (Å²) in [4.78, 5) is 13.0. The predicted octanol–water partition coefficient (Wildman–Crippen LogP) is 1.70. The lowest BCUT2D eigenvalue weighted by Crippen LogP contribution is -2.41. The smallest absolute Gasteiger partial charge is 0.410 e. The fourth-order valence-corrected chi connectivity index (χ4v) is 2.04. The first-order valence-corrected chi connectivity index (χ1v) is 5.52. The zero-order valence-electron chi connectivity index (χ0n) is 9.30. The van der Waals surface area contributed by atoms with Crippen molar-refractivity contribution in [1.82, 2.24) is 4.90 Å². The number of halogens is 1. The van der Waals surface area contributed by atoms with Crippen LogP contribution < -0.4 is 0 Å². The number of carbonyl (C=O) groups excluding carboxylic acids is 1. The molecule has 1 N–H and O–H groups in total. The SMILES string of the molecule is O=C1OCCC(c2cccc(F)c2)N1CCO. The van der Waals surface area contributed by atoms with E-state index in [9.17, 15) is 9.18 Å². The van der Waals surface area contributed by atoms with Crippen LogP contribution in [0, 0.1) is 5.82 Å². The third kappa shape index (κ3) is 2.55. The maximum absolute atomic E-state index is 13.1. The van der Waals surface area contributed by atoms with Crippen molar-refractivity contribution in [2.24, 2.45) is 0 Å². The van der Waals surface area contributed by atoms with Crippen LogP contribution in [0.15, 0.2) is 24.3 Å². The Kier molecular flexibility index (Phi) is 3.58. The van der Waals surface area contributed by atoms with Crippen LogP contribution in [0.4, 0.5) is 9.18 Å². The van der Waals surface area contributed by atoms with E-state index in [0.717, 1.165) is 5.56 Å². The molecule has 0 radical (unpaired) electrons. The topological polar surface area (TPSA) is 49.8 Å². The van der Waals surface area contributed by atoms with Gasteiger partial charge < -0.3 is 9.84 Å². The molecule has 1 aliphatic heterocycles. The molecule has 92 valence electrons. The number of hydrogen-bond acceptors (Lipinski definition) is 3. The first-order valence-electron chi connectivity index (χ1n) is 5.52. The fraction of sp³-hybridized carbons (Fsp3) is 0.417. The van der Waals surface area contributed by atoms with Gasteiger partial charge in [-0.05, 0) is 17.7 Å². The molecular weight excluding hydrogens is 225 g/mol. The van der Waals surface area contributed by atoms with Crippen molar-refractivity contribution in [1.29, 1.82) is 0 Å². The Morgan fingerprint density at radius 1 is 1.53 bits per heavy atom. The molecule has 2 rings (SSSR count). The highest BCUT2D eigenvalue weighted by Crippen LogP contribution is 2.28. The van der Waals surface area contributed by atoms with Crippen molar-refractivity contribution >= 4 is 6.09 Å². The molecule has 1 aliphatic rings. The molecule has 5 heteroatoms. The maximum Gasteiger partial charge on any atom is 0.410 e. The number of benzene rings is 1. The number of cyclic esters (lactones) is 1. The predicted molar refractivity (Wildman–Crippen MR) is 58.9 cm³/mol. The van der Waals surface area contributed by atoms with Crippen molar-refractivity contribution in [2.75, 3.05) is 19.8 Å². The second-order valence-electron chi connectivity index (χ2n) is 3.89. The summed E-state index contributed by atoms with van der Waals surface area (Å²) in [5.74, 6) is -0.328. The Morgan fingerprint density at radius 2 is 2.35 bits per heavy atom. The third-order valence-electron chi connectivity index (χ3n) is 2.80. The van der Waals surface area contributed by atoms with Crippen molar-refractivity contribution in [2.45, 2.75) is 12.5 Å². The van der Waals surface area contributed by atoms with Gasteiger partial charge in [-0.25, -0.2) is 9.18 Å². The van der Waals surface area contributed by atoms with Crippen LogP contribution in [-0.4, -0.2) is 35.9 Å². The van der Waals surface area contributed by atoms with Gasteiger partial charge in [0.15, 0.2) is 0 Å². The number of rotatable bonds is 3. The minimum atomic E-state index is -0.459. The van der Waals surface area contributed by atoms with Crippen LogP contribution in [0.3, 0.4) is 0 Å². The molecule has 1 heterocycles. The summed E-state index contributed by atoms with van der Waals surface area (Å²) in [6.07, 6.45) is 0.148. The highest BCUT2D eigenvalue weighted by molar-refractivity contribution is 5.69. The molecule has 0 aliphatic carbocycles. The summed E-state index contributed by atoms with van der Waals surface area (Å²) in [6, 6.07) is 5.94. The van der Waals surface area contributed by atoms with E-state index in [4.69, 9.17) is 9.84 Å². The van der Waals surface area contributed by atoms with Gasteiger partial charge >= 0.3 is 6.09 Å². The van der Waals surface area contributed by atoms with Crippen molar-refractivity contribution in [3.8, 4) is 0 Å². The molecule has 1 amide bonds. The molecule has 17 heavy (non-hydrogen) atoms. The molecule has 1 atom stereocenters. The summed E-state index contributed by atoms with van der Waals surface area (Å²) in [5.41, 5.74) is 0.732. The van der Waals surface area contributed by atoms with Gasteiger partial charge in [-0.3, -0.25) is 4.90 Å². The molecule has 1 aromatic rings. The number of nitrogens with zero attached hydrogens (tertiary/aromatic N) is 1. The van der Waals surface area contributed by atoms with Gasteiger partial charge in [-0.2, -0.15) is 0 Å². The average molecular weight is 239 g/mol. The van der Waals surface area contributed by atoms with Crippen LogP contribution >= 0.6 is 0 Å². The van der Waals surface area contributed by atoms with Gasteiger partial charge in [0.1, 0.15) is 5.82 Å². The maximum atomic E-state index is 13.1. The third-order valence-corrected chi connectivity index (χ3v) is 2.80. The second-order valence-corrected chi connectivity index (χ2v) is 3.89. The van der Waals surface area contributed by atoms with Crippen LogP contribution in [0.1, 0.15) is 18.0 Å². The summed E-state index contributed by atoms with van der Waals surface area (Å²) < 4.78 is 18.1. The molecule has 0 spiro atoms. The number of ether oxygens (including phenoxy) is 1. The van der Waals surface area contributed by atoms with Gasteiger partial charge in [0.2, 0.25) is 0 Å². The van der Waals surface area contributed by atoms with E-state index in [2.05, 4.69) is 0 Å². The Hall–Kier alpha value is -1.62. The Labute approximate surface area is 98.6 Å². The van der Waals surface area contributed by atoms with E-state index in [1.807, 2.05) is 0 Å². The van der Waals surface area contributed by atoms with Crippen LogP contribution in [0.2, 0.25) is 0 Å². The Morgan fingerprint density at radius 3 is 3.06 bits per heavy atom. The van der Waals surface area contributed by atoms with Gasteiger partial charge in [0.25, 0.3) is 0 Å². The number of hydrogen-bond donors (Lipinski definition) is 1. The summed E-state index contributed by atoms with van der Waals surface area (Å²) in [6.45, 7) is 0.378. The molecule has 0 saturated carbocycles. The zero-order chi connectivity index (χ0) is 12.3. The van der Waals surface area contributed by atoms with E-state index >= 15 is 0 Å². The van der Waals surface area contributed by atoms with Gasteiger partial charge in [0.05, 0.1) is 19.3 Å². The van der Waals surface area contributed by atoms with Crippen LogP contribution in [-0.2, 0) is 4.74 Å². The van der Waals surface area contributed by atoms with Gasteiger partial charge in [-0.15, -0.1) is 0 Å². The summed E-state index contributed by atoms with van der Waals surface area (Å²) in [7, 11) is 0. The molecule has 1 unspecified atom stereocenters. The molecular formula is C12H14FNO3. The number of aliphatic hydroxyl groups excluding tert-OH is 1. The minimum absolute atomic E-state index is 0.138. The number of carbonyl (C=O) groups is 1. The monoisotopic (exact) mass is 239 g/mol. The number of aliphatic hydroxyl groups is 1. The lowest BCUT2D eigenvalue weighted by Gasteiger charge is -2.34. The molecule has 0 aromatic heterocycles. The highest BCUT2D eigenvalue weighted by Gasteiger charge is 2.30. The lowest BCUT2D eigenvalue weighted by atomic mass is 10.0. The fourth-order valence-electron chi connectivity index (χ4n) is 2.04. The molecule has 1 fully saturated rings. The Balaban J connectivity index is 2.24. The molecule has 4 nitrogen and oxygen atoms in total. The van der Waals surface area contributed by atoms with Crippen molar-refractivity contribution in [3.05, 3.63) is 35.6 Å². The van der Waals surface area contributed by atoms with E-state index < -0.39 is 6.09 Å². The number of amides is 1. The first kappa shape index (κ1) is 11.9. The standard InChI is InChI=1S/C12H14FNO3/c13-10-3-1-2-9(8-10)11-4-7-17-12(16)14(11)5-6-15/h1-3,8,11,15H,4-7H2. The molecule has 0 bridgehead atoms. The second kappa shape index (κ2) is 5.14. The summed E-state index contributed by atoms with van der Waals surface area (Å²) in [5, 5.41) is 8.93.